The SMILES string of the molecule is COc1cc(N=Nc2c(S(=O)(=O)O)cc3cc(NC(=O)Nc4ccc5c(O)c(N=Nc6cc(OC)cc(OC)c6)c(S(=O)(=O)O)cc5c4)ccc3c2O)cc(OC)c1. The van der Waals surface area contributed by atoms with Crippen molar-refractivity contribution in [3.05, 3.63) is 84.9 Å². The quantitative estimate of drug-likeness (QED) is 0.0500. The molecular weight excluding hydrogens is 801 g/mol. The van der Waals surface area contributed by atoms with Gasteiger partial charge in [-0.2, -0.15) is 27.1 Å². The highest BCUT2D eigenvalue weighted by molar-refractivity contribution is 7.86. The predicted molar refractivity (Wildman–Crippen MR) is 211 cm³/mol. The number of azo groups is 2. The van der Waals surface area contributed by atoms with Gasteiger partial charge >= 0.3 is 6.03 Å². The second-order valence-corrected chi connectivity index (χ2v) is 14.9. The number of urea groups is 1. The number of carbonyl (C=O) groups is 1. The van der Waals surface area contributed by atoms with Crippen molar-refractivity contribution in [1.82, 2.24) is 0 Å². The highest BCUT2D eigenvalue weighted by Crippen LogP contribution is 2.44. The van der Waals surface area contributed by atoms with Crippen molar-refractivity contribution < 1.29 is 59.9 Å². The van der Waals surface area contributed by atoms with E-state index in [0.717, 1.165) is 12.1 Å². The van der Waals surface area contributed by atoms with Gasteiger partial charge in [0.2, 0.25) is 0 Å². The Morgan fingerprint density at radius 2 is 0.862 bits per heavy atom. The predicted octanol–water partition coefficient (Wildman–Crippen LogP) is 8.41. The van der Waals surface area contributed by atoms with E-state index in [9.17, 15) is 40.9 Å². The molecule has 0 fully saturated rings. The molecule has 58 heavy (non-hydrogen) atoms. The van der Waals surface area contributed by atoms with Crippen molar-refractivity contribution in [1.29, 1.82) is 0 Å². The summed E-state index contributed by atoms with van der Waals surface area (Å²) in [5, 5.41) is 43.5. The zero-order valence-electron chi connectivity index (χ0n) is 30.7. The number of fused-ring (bicyclic) bond motifs is 2. The molecule has 0 saturated carbocycles. The number of ether oxygens (including phenoxy) is 4. The topological polar surface area (TPSA) is 277 Å². The molecule has 0 aliphatic carbocycles. The zero-order valence-corrected chi connectivity index (χ0v) is 32.3. The number of hydrogen-bond acceptors (Lipinski definition) is 15. The Bertz CT molecular complexity index is 2660. The molecule has 6 rings (SSSR count). The molecule has 0 radical (unpaired) electrons. The Hall–Kier alpha value is -7.07. The molecule has 0 spiro atoms. The number of anilines is 2. The Morgan fingerprint density at radius 3 is 1.17 bits per heavy atom. The average Bonchev–Trinajstić information content (AvgIpc) is 3.18. The number of hydrogen-bond donors (Lipinski definition) is 6. The second-order valence-electron chi connectivity index (χ2n) is 12.1. The monoisotopic (exact) mass is 832 g/mol. The molecule has 2 amide bonds. The molecule has 0 saturated heterocycles. The smallest absolute Gasteiger partial charge is 0.323 e. The van der Waals surface area contributed by atoms with Gasteiger partial charge in [0.1, 0.15) is 44.2 Å². The first kappa shape index (κ1) is 40.6. The summed E-state index contributed by atoms with van der Waals surface area (Å²) < 4.78 is 90.5. The number of carbonyl (C=O) groups excluding carboxylic acids is 1. The molecule has 6 aromatic carbocycles. The third-order valence-electron chi connectivity index (χ3n) is 8.38. The number of methoxy groups -OCH3 is 4. The molecule has 0 aliphatic heterocycles. The van der Waals surface area contributed by atoms with Gasteiger partial charge in [-0.15, -0.1) is 10.2 Å². The summed E-state index contributed by atoms with van der Waals surface area (Å²) in [7, 11) is -4.25. The lowest BCUT2D eigenvalue weighted by atomic mass is 10.1. The molecule has 0 unspecified atom stereocenters. The van der Waals surface area contributed by atoms with E-state index in [4.69, 9.17) is 18.9 Å². The maximum atomic E-state index is 13.1. The third kappa shape index (κ3) is 8.81. The van der Waals surface area contributed by atoms with Gasteiger partial charge in [0.15, 0.2) is 11.5 Å². The standard InChI is InChI=1S/C37H32N6O13S2/c1-53-25-13-23(14-26(17-25)54-2)40-42-33-31(57(47,48)49)11-19-9-21(5-7-29(19)35(33)44)38-37(46)39-22-6-8-30-20(10-22)12-32(58(50,51)52)34(36(30)45)43-41-24-15-27(55-3)18-28(16-24)56-4/h5-18,44-45H,1-4H3,(H2,38,39,46)(H,47,48,49)(H,50,51,52). The van der Waals surface area contributed by atoms with Crippen molar-refractivity contribution in [3.8, 4) is 34.5 Å². The van der Waals surface area contributed by atoms with Gasteiger partial charge in [-0.3, -0.25) is 9.11 Å². The van der Waals surface area contributed by atoms with E-state index in [1.54, 1.807) is 12.1 Å². The number of amides is 2. The zero-order chi connectivity index (χ0) is 41.9. The summed E-state index contributed by atoms with van der Waals surface area (Å²) in [6.07, 6.45) is 0. The van der Waals surface area contributed by atoms with E-state index in [-0.39, 0.29) is 44.3 Å². The molecule has 0 atom stereocenters. The molecule has 300 valence electrons. The minimum atomic E-state index is -4.97. The molecule has 19 nitrogen and oxygen atoms in total. The number of phenolic OH excluding ortho intramolecular Hbond substituents is 2. The second kappa shape index (κ2) is 16.2. The summed E-state index contributed by atoms with van der Waals surface area (Å²) in [6, 6.07) is 18.5. The third-order valence-corrected chi connectivity index (χ3v) is 10.1. The minimum absolute atomic E-state index is 0.0855. The van der Waals surface area contributed by atoms with Crippen LogP contribution in [0.4, 0.5) is 38.9 Å². The summed E-state index contributed by atoms with van der Waals surface area (Å²) in [5.74, 6) is 0.191. The van der Waals surface area contributed by atoms with Crippen molar-refractivity contribution in [2.75, 3.05) is 39.1 Å². The minimum Gasteiger partial charge on any atom is -0.505 e. The van der Waals surface area contributed by atoms with Gasteiger partial charge in [-0.05, 0) is 59.3 Å². The maximum absolute atomic E-state index is 13.1. The Kier molecular flexibility index (Phi) is 11.3. The lowest BCUT2D eigenvalue weighted by Gasteiger charge is -2.13. The van der Waals surface area contributed by atoms with E-state index >= 15 is 0 Å². The van der Waals surface area contributed by atoms with Crippen LogP contribution < -0.4 is 29.6 Å². The van der Waals surface area contributed by atoms with Crippen LogP contribution in [0.2, 0.25) is 0 Å². The number of phenols is 2. The van der Waals surface area contributed by atoms with Crippen LogP contribution in [0.5, 0.6) is 34.5 Å². The number of aromatic hydroxyl groups is 2. The Labute approximate surface area is 329 Å². The van der Waals surface area contributed by atoms with Crippen LogP contribution >= 0.6 is 0 Å². The summed E-state index contributed by atoms with van der Waals surface area (Å²) in [5.41, 5.74) is -0.491. The number of nitrogens with one attached hydrogen (secondary N) is 2. The molecule has 6 aromatic rings. The van der Waals surface area contributed by atoms with E-state index < -0.39 is 58.9 Å². The van der Waals surface area contributed by atoms with Crippen molar-refractivity contribution in [3.63, 3.8) is 0 Å². The van der Waals surface area contributed by atoms with Crippen molar-refractivity contribution in [2.45, 2.75) is 9.79 Å². The van der Waals surface area contributed by atoms with E-state index in [1.807, 2.05) is 0 Å². The summed E-state index contributed by atoms with van der Waals surface area (Å²) >= 11 is 0. The maximum Gasteiger partial charge on any atom is 0.323 e. The van der Waals surface area contributed by atoms with Crippen LogP contribution in [0.25, 0.3) is 21.5 Å². The summed E-state index contributed by atoms with van der Waals surface area (Å²) in [4.78, 5) is 11.5. The fraction of sp³-hybridized carbons (Fsp3) is 0.108. The van der Waals surface area contributed by atoms with Gasteiger partial charge in [0, 0.05) is 58.5 Å². The highest BCUT2D eigenvalue weighted by Gasteiger charge is 2.24. The fourth-order valence-electron chi connectivity index (χ4n) is 5.65. The van der Waals surface area contributed by atoms with E-state index in [1.165, 1.54) is 89.1 Å². The average molecular weight is 833 g/mol. The van der Waals surface area contributed by atoms with Crippen LogP contribution in [-0.4, -0.2) is 70.6 Å². The number of benzene rings is 6. The number of nitrogens with zero attached hydrogens (tertiary/aromatic N) is 4. The first-order valence-corrected chi connectivity index (χ1v) is 19.3. The van der Waals surface area contributed by atoms with Gasteiger partial charge in [-0.25, -0.2) is 4.79 Å². The molecular formula is C37H32N6O13S2. The summed E-state index contributed by atoms with van der Waals surface area (Å²) in [6.45, 7) is 0. The van der Waals surface area contributed by atoms with Gasteiger partial charge in [0.25, 0.3) is 20.2 Å². The van der Waals surface area contributed by atoms with Crippen LogP contribution in [0, 0.1) is 0 Å². The van der Waals surface area contributed by atoms with Crippen LogP contribution in [0.1, 0.15) is 0 Å². The van der Waals surface area contributed by atoms with Crippen LogP contribution in [-0.2, 0) is 20.2 Å². The van der Waals surface area contributed by atoms with Crippen molar-refractivity contribution in [2.24, 2.45) is 20.5 Å². The first-order chi connectivity index (χ1) is 27.5. The Balaban J connectivity index is 1.27. The molecule has 6 N–H and O–H groups in total. The molecule has 0 heterocycles. The lowest BCUT2D eigenvalue weighted by molar-refractivity contribution is 0.262. The Morgan fingerprint density at radius 1 is 0.517 bits per heavy atom. The van der Waals surface area contributed by atoms with Gasteiger partial charge in [-0.1, -0.05) is 0 Å². The largest absolute Gasteiger partial charge is 0.505 e. The molecule has 0 aliphatic rings. The van der Waals surface area contributed by atoms with E-state index in [2.05, 4.69) is 31.1 Å². The van der Waals surface area contributed by atoms with Gasteiger partial charge in [0.05, 0.1) is 39.8 Å². The molecule has 0 bridgehead atoms. The first-order valence-electron chi connectivity index (χ1n) is 16.4. The van der Waals surface area contributed by atoms with Gasteiger partial charge < -0.3 is 39.8 Å². The molecule has 21 heteroatoms. The van der Waals surface area contributed by atoms with E-state index in [0.29, 0.717) is 23.0 Å². The number of rotatable bonds is 12. The highest BCUT2D eigenvalue weighted by atomic mass is 32.2. The van der Waals surface area contributed by atoms with Crippen molar-refractivity contribution >= 4 is 81.9 Å². The van der Waals surface area contributed by atoms with Crippen LogP contribution in [0.3, 0.4) is 0 Å². The van der Waals surface area contributed by atoms with Crippen LogP contribution in [0.15, 0.2) is 115 Å². The molecule has 0 aromatic heterocycles. The lowest BCUT2D eigenvalue weighted by Crippen LogP contribution is -2.19. The fourth-order valence-corrected chi connectivity index (χ4v) is 6.97. The normalized spacial score (nSPS) is 12.0.